The Hall–Kier alpha value is -2.28. The third-order valence-corrected chi connectivity index (χ3v) is 4.67. The van der Waals surface area contributed by atoms with Crippen LogP contribution in [0.25, 0.3) is 0 Å². The maximum Gasteiger partial charge on any atom is 0.322 e. The fraction of sp³-hybridized carbons (Fsp3) is 0.556. The molecule has 0 radical (unpaired) electrons. The molecule has 2 N–H and O–H groups in total. The van der Waals surface area contributed by atoms with Gasteiger partial charge < -0.3 is 25.0 Å². The second-order valence-corrected chi connectivity index (χ2v) is 6.39. The molecule has 0 aromatic heterocycles. The summed E-state index contributed by atoms with van der Waals surface area (Å²) < 4.78 is 10.7. The molecule has 2 atom stereocenters. The minimum Gasteiger partial charge on any atom is -0.497 e. The number of hydrogen-bond donors (Lipinski definition) is 2. The molecule has 2 heterocycles. The number of methoxy groups -OCH3 is 1. The SMILES string of the molecule is COc1cccc(NC(=O)N2CCCC2C(=O)NCC2CCCO2)c1. The molecule has 1 aromatic rings. The third kappa shape index (κ3) is 4.42. The first-order valence-electron chi connectivity index (χ1n) is 8.78. The average molecular weight is 347 g/mol. The predicted octanol–water partition coefficient (Wildman–Crippen LogP) is 1.99. The van der Waals surface area contributed by atoms with E-state index in [1.165, 1.54) is 0 Å². The number of urea groups is 1. The van der Waals surface area contributed by atoms with Gasteiger partial charge >= 0.3 is 6.03 Å². The van der Waals surface area contributed by atoms with Crippen LogP contribution < -0.4 is 15.4 Å². The summed E-state index contributed by atoms with van der Waals surface area (Å²) in [5, 5.41) is 5.77. The summed E-state index contributed by atoms with van der Waals surface area (Å²) in [4.78, 5) is 26.6. The zero-order valence-electron chi connectivity index (χ0n) is 14.5. The highest BCUT2D eigenvalue weighted by molar-refractivity contribution is 5.94. The molecule has 0 spiro atoms. The Labute approximate surface area is 147 Å². The molecule has 136 valence electrons. The van der Waals surface area contributed by atoms with E-state index in [4.69, 9.17) is 9.47 Å². The third-order valence-electron chi connectivity index (χ3n) is 4.67. The molecule has 3 amide bonds. The molecule has 2 unspecified atom stereocenters. The molecule has 1 aromatic carbocycles. The van der Waals surface area contributed by atoms with Crippen molar-refractivity contribution in [3.05, 3.63) is 24.3 Å². The van der Waals surface area contributed by atoms with E-state index in [-0.39, 0.29) is 18.0 Å². The van der Waals surface area contributed by atoms with Crippen LogP contribution in [0.3, 0.4) is 0 Å². The number of nitrogens with one attached hydrogen (secondary N) is 2. The molecule has 7 heteroatoms. The minimum absolute atomic E-state index is 0.101. The summed E-state index contributed by atoms with van der Waals surface area (Å²) in [6.45, 7) is 1.85. The van der Waals surface area contributed by atoms with Crippen molar-refractivity contribution in [2.75, 3.05) is 32.1 Å². The molecule has 2 fully saturated rings. The molecule has 2 saturated heterocycles. The summed E-state index contributed by atoms with van der Waals surface area (Å²) in [5.41, 5.74) is 0.648. The van der Waals surface area contributed by atoms with E-state index in [9.17, 15) is 9.59 Å². The van der Waals surface area contributed by atoms with Crippen LogP contribution >= 0.6 is 0 Å². The number of anilines is 1. The van der Waals surface area contributed by atoms with Crippen molar-refractivity contribution >= 4 is 17.6 Å². The van der Waals surface area contributed by atoms with Crippen molar-refractivity contribution in [2.24, 2.45) is 0 Å². The van der Waals surface area contributed by atoms with E-state index < -0.39 is 6.04 Å². The summed E-state index contributed by atoms with van der Waals surface area (Å²) in [6.07, 6.45) is 3.63. The van der Waals surface area contributed by atoms with E-state index in [0.717, 1.165) is 25.9 Å². The Morgan fingerprint density at radius 1 is 1.32 bits per heavy atom. The fourth-order valence-electron chi connectivity index (χ4n) is 3.32. The largest absolute Gasteiger partial charge is 0.497 e. The van der Waals surface area contributed by atoms with Crippen molar-refractivity contribution in [2.45, 2.75) is 37.8 Å². The first kappa shape index (κ1) is 17.5. The van der Waals surface area contributed by atoms with Crippen molar-refractivity contribution < 1.29 is 19.1 Å². The molecule has 25 heavy (non-hydrogen) atoms. The first-order valence-corrected chi connectivity index (χ1v) is 8.78. The molecule has 3 rings (SSSR count). The Balaban J connectivity index is 1.56. The van der Waals surface area contributed by atoms with Gasteiger partial charge in [0.2, 0.25) is 5.91 Å². The lowest BCUT2D eigenvalue weighted by Crippen LogP contribution is -2.48. The molecule has 0 bridgehead atoms. The van der Waals surface area contributed by atoms with E-state index in [1.54, 1.807) is 24.1 Å². The van der Waals surface area contributed by atoms with Crippen molar-refractivity contribution in [3.63, 3.8) is 0 Å². The van der Waals surface area contributed by atoms with Gasteiger partial charge in [-0.05, 0) is 37.8 Å². The monoisotopic (exact) mass is 347 g/mol. The van der Waals surface area contributed by atoms with Crippen LogP contribution in [0.15, 0.2) is 24.3 Å². The van der Waals surface area contributed by atoms with Crippen LogP contribution in [0.1, 0.15) is 25.7 Å². The highest BCUT2D eigenvalue weighted by atomic mass is 16.5. The minimum atomic E-state index is -0.424. The van der Waals surface area contributed by atoms with Gasteiger partial charge in [-0.2, -0.15) is 0 Å². The summed E-state index contributed by atoms with van der Waals surface area (Å²) in [5.74, 6) is 0.568. The van der Waals surface area contributed by atoms with E-state index in [1.807, 2.05) is 12.1 Å². The van der Waals surface area contributed by atoms with Gasteiger partial charge in [0.1, 0.15) is 11.8 Å². The van der Waals surface area contributed by atoms with Crippen molar-refractivity contribution in [1.29, 1.82) is 0 Å². The number of rotatable bonds is 5. The van der Waals surface area contributed by atoms with Crippen molar-refractivity contribution in [1.82, 2.24) is 10.2 Å². The standard InChI is InChI=1S/C18H25N3O4/c1-24-14-6-2-5-13(11-14)20-18(23)21-9-3-8-16(21)17(22)19-12-15-7-4-10-25-15/h2,5-6,11,15-16H,3-4,7-10,12H2,1H3,(H,19,22)(H,20,23). The lowest BCUT2D eigenvalue weighted by atomic mass is 10.2. The van der Waals surface area contributed by atoms with Gasteiger partial charge in [0.15, 0.2) is 0 Å². The van der Waals surface area contributed by atoms with Gasteiger partial charge in [-0.3, -0.25) is 4.79 Å². The van der Waals surface area contributed by atoms with Crippen LogP contribution in [-0.4, -0.2) is 55.8 Å². The summed E-state index contributed by atoms with van der Waals surface area (Å²) >= 11 is 0. The van der Waals surface area contributed by atoms with Crippen LogP contribution in [-0.2, 0) is 9.53 Å². The number of ether oxygens (including phenoxy) is 2. The highest BCUT2D eigenvalue weighted by Gasteiger charge is 2.34. The first-order chi connectivity index (χ1) is 12.2. The average Bonchev–Trinajstić information content (AvgIpc) is 3.31. The summed E-state index contributed by atoms with van der Waals surface area (Å²) in [6, 6.07) is 6.48. The molecular weight excluding hydrogens is 322 g/mol. The Morgan fingerprint density at radius 3 is 2.96 bits per heavy atom. The normalized spacial score (nSPS) is 22.7. The Morgan fingerprint density at radius 2 is 2.20 bits per heavy atom. The molecular formula is C18H25N3O4. The predicted molar refractivity (Wildman–Crippen MR) is 93.7 cm³/mol. The fourth-order valence-corrected chi connectivity index (χ4v) is 3.32. The number of carbonyl (C=O) groups excluding carboxylic acids is 2. The molecule has 2 aliphatic heterocycles. The van der Waals surface area contributed by atoms with E-state index >= 15 is 0 Å². The topological polar surface area (TPSA) is 79.9 Å². The number of carbonyl (C=O) groups is 2. The second kappa shape index (κ2) is 8.20. The van der Waals surface area contributed by atoms with Crippen LogP contribution in [0.2, 0.25) is 0 Å². The maximum absolute atomic E-state index is 12.6. The lowest BCUT2D eigenvalue weighted by molar-refractivity contribution is -0.125. The van der Waals surface area contributed by atoms with Gasteiger partial charge in [0.25, 0.3) is 0 Å². The number of benzene rings is 1. The lowest BCUT2D eigenvalue weighted by Gasteiger charge is -2.25. The van der Waals surface area contributed by atoms with Crippen LogP contribution in [0.5, 0.6) is 5.75 Å². The maximum atomic E-state index is 12.6. The molecule has 7 nitrogen and oxygen atoms in total. The molecule has 0 saturated carbocycles. The highest BCUT2D eigenvalue weighted by Crippen LogP contribution is 2.21. The second-order valence-electron chi connectivity index (χ2n) is 6.39. The Kier molecular flexibility index (Phi) is 5.75. The molecule has 0 aliphatic carbocycles. The molecule has 2 aliphatic rings. The van der Waals surface area contributed by atoms with Gasteiger partial charge in [-0.15, -0.1) is 0 Å². The number of hydrogen-bond acceptors (Lipinski definition) is 4. The van der Waals surface area contributed by atoms with Gasteiger partial charge in [0, 0.05) is 31.5 Å². The quantitative estimate of drug-likeness (QED) is 0.854. The number of nitrogens with zero attached hydrogens (tertiary/aromatic N) is 1. The number of amides is 3. The van der Waals surface area contributed by atoms with Gasteiger partial charge in [-0.1, -0.05) is 6.07 Å². The van der Waals surface area contributed by atoms with Gasteiger partial charge in [-0.25, -0.2) is 4.79 Å². The van der Waals surface area contributed by atoms with Crippen molar-refractivity contribution in [3.8, 4) is 5.75 Å². The zero-order chi connectivity index (χ0) is 17.6. The van der Waals surface area contributed by atoms with Crippen LogP contribution in [0.4, 0.5) is 10.5 Å². The zero-order valence-corrected chi connectivity index (χ0v) is 14.5. The van der Waals surface area contributed by atoms with Gasteiger partial charge in [0.05, 0.1) is 13.2 Å². The van der Waals surface area contributed by atoms with E-state index in [0.29, 0.717) is 30.9 Å². The summed E-state index contributed by atoms with van der Waals surface area (Å²) in [7, 11) is 1.58. The Bertz CT molecular complexity index is 616. The number of likely N-dealkylation sites (tertiary alicyclic amines) is 1. The smallest absolute Gasteiger partial charge is 0.322 e. The van der Waals surface area contributed by atoms with Crippen LogP contribution in [0, 0.1) is 0 Å². The van der Waals surface area contributed by atoms with E-state index in [2.05, 4.69) is 10.6 Å².